The van der Waals surface area contributed by atoms with E-state index in [0.717, 1.165) is 29.2 Å². The Bertz CT molecular complexity index is 965. The lowest BCUT2D eigenvalue weighted by Crippen LogP contribution is -2.42. The molecule has 6 nitrogen and oxygen atoms in total. The Hall–Kier alpha value is -2.98. The molecular formula is C21H20F4N2O4. The summed E-state index contributed by atoms with van der Waals surface area (Å²) >= 11 is 0. The summed E-state index contributed by atoms with van der Waals surface area (Å²) in [5, 5.41) is 12.6. The van der Waals surface area contributed by atoms with Gasteiger partial charge in [0.2, 0.25) is 0 Å². The smallest absolute Gasteiger partial charge is 0.389 e. The van der Waals surface area contributed by atoms with Gasteiger partial charge in [0.15, 0.2) is 0 Å². The molecule has 0 radical (unpaired) electrons. The van der Waals surface area contributed by atoms with Crippen molar-refractivity contribution in [3.8, 4) is 0 Å². The fourth-order valence-electron chi connectivity index (χ4n) is 3.23. The van der Waals surface area contributed by atoms with Crippen LogP contribution in [0.4, 0.5) is 22.4 Å². The molecule has 1 saturated heterocycles. The number of urea groups is 1. The number of carbonyl (C=O) groups is 2. The van der Waals surface area contributed by atoms with Crippen LogP contribution in [0.25, 0.3) is 0 Å². The van der Waals surface area contributed by atoms with E-state index in [0.29, 0.717) is 5.56 Å². The van der Waals surface area contributed by atoms with E-state index in [1.54, 1.807) is 6.07 Å². The predicted molar refractivity (Wildman–Crippen MR) is 101 cm³/mol. The summed E-state index contributed by atoms with van der Waals surface area (Å²) in [7, 11) is 0. The third-order valence-electron chi connectivity index (χ3n) is 4.98. The Morgan fingerprint density at radius 3 is 2.39 bits per heavy atom. The SMILES string of the molecule is CC1(c2ccc(C(F)(F)F)cc2)NC(=O)N(CC(O)COCc2ccccc2F)C1=O. The standard InChI is InChI=1S/C21H20F4N2O4/c1-20(14-6-8-15(9-7-14)21(23,24)25)18(29)27(19(30)26-20)10-16(28)12-31-11-13-4-2-3-5-17(13)22/h2-9,16,28H,10-12H2,1H3,(H,26,30). The average molecular weight is 440 g/mol. The Kier molecular flexibility index (Phi) is 6.33. The third-order valence-corrected chi connectivity index (χ3v) is 4.98. The number of nitrogens with one attached hydrogen (secondary N) is 1. The second kappa shape index (κ2) is 8.64. The summed E-state index contributed by atoms with van der Waals surface area (Å²) in [4.78, 5) is 25.9. The number of imide groups is 1. The number of ether oxygens (including phenoxy) is 1. The second-order valence-corrected chi connectivity index (χ2v) is 7.31. The van der Waals surface area contributed by atoms with Gasteiger partial charge in [-0.1, -0.05) is 30.3 Å². The zero-order valence-electron chi connectivity index (χ0n) is 16.4. The van der Waals surface area contributed by atoms with Gasteiger partial charge in [-0.2, -0.15) is 13.2 Å². The Balaban J connectivity index is 1.62. The van der Waals surface area contributed by atoms with E-state index in [1.807, 2.05) is 0 Å². The fraction of sp³-hybridized carbons (Fsp3) is 0.333. The maximum atomic E-state index is 13.6. The first-order valence-corrected chi connectivity index (χ1v) is 9.33. The molecule has 1 aliphatic rings. The number of β-amino-alcohol motifs (C(OH)–C–C–N with tert-alkyl or cyclic N) is 1. The first kappa shape index (κ1) is 22.7. The van der Waals surface area contributed by atoms with Crippen LogP contribution in [0.5, 0.6) is 0 Å². The molecule has 0 aliphatic carbocycles. The Morgan fingerprint density at radius 1 is 1.13 bits per heavy atom. The van der Waals surface area contributed by atoms with Gasteiger partial charge in [-0.25, -0.2) is 9.18 Å². The molecular weight excluding hydrogens is 420 g/mol. The van der Waals surface area contributed by atoms with Crippen LogP contribution in [0.3, 0.4) is 0 Å². The number of amides is 3. The molecule has 0 bridgehead atoms. The molecule has 1 fully saturated rings. The number of alkyl halides is 3. The predicted octanol–water partition coefficient (Wildman–Crippen LogP) is 3.19. The first-order valence-electron chi connectivity index (χ1n) is 9.33. The second-order valence-electron chi connectivity index (χ2n) is 7.31. The molecule has 3 amide bonds. The lowest BCUT2D eigenvalue weighted by Gasteiger charge is -2.23. The fourth-order valence-corrected chi connectivity index (χ4v) is 3.23. The van der Waals surface area contributed by atoms with Crippen molar-refractivity contribution in [2.75, 3.05) is 13.2 Å². The highest BCUT2D eigenvalue weighted by molar-refractivity contribution is 6.07. The molecule has 2 N–H and O–H groups in total. The van der Waals surface area contributed by atoms with Crippen LogP contribution in [0.1, 0.15) is 23.6 Å². The minimum atomic E-state index is -4.53. The Morgan fingerprint density at radius 2 is 1.77 bits per heavy atom. The molecule has 3 rings (SSSR count). The number of hydrogen-bond acceptors (Lipinski definition) is 4. The summed E-state index contributed by atoms with van der Waals surface area (Å²) in [6.07, 6.45) is -5.77. The van der Waals surface area contributed by atoms with Gasteiger partial charge in [-0.05, 0) is 30.7 Å². The van der Waals surface area contributed by atoms with E-state index in [4.69, 9.17) is 4.74 Å². The van der Waals surface area contributed by atoms with Crippen molar-refractivity contribution in [1.82, 2.24) is 10.2 Å². The van der Waals surface area contributed by atoms with Gasteiger partial charge in [0.05, 0.1) is 31.4 Å². The number of rotatable bonds is 7. The molecule has 2 unspecified atom stereocenters. The molecule has 2 aromatic rings. The van der Waals surface area contributed by atoms with Gasteiger partial charge in [0, 0.05) is 5.56 Å². The lowest BCUT2D eigenvalue weighted by atomic mass is 9.91. The van der Waals surface area contributed by atoms with E-state index in [1.165, 1.54) is 25.1 Å². The van der Waals surface area contributed by atoms with Gasteiger partial charge >= 0.3 is 12.2 Å². The van der Waals surface area contributed by atoms with Crippen molar-refractivity contribution in [2.45, 2.75) is 31.3 Å². The molecule has 1 heterocycles. The van der Waals surface area contributed by atoms with Crippen LogP contribution in [-0.4, -0.2) is 41.2 Å². The summed E-state index contributed by atoms with van der Waals surface area (Å²) in [5.74, 6) is -1.18. The molecule has 0 saturated carbocycles. The molecule has 0 aromatic heterocycles. The number of aliphatic hydroxyl groups excluding tert-OH is 1. The third kappa shape index (κ3) is 4.86. The first-order chi connectivity index (χ1) is 14.5. The normalized spacial score (nSPS) is 20.1. The molecule has 0 spiro atoms. The van der Waals surface area contributed by atoms with E-state index in [2.05, 4.69) is 5.32 Å². The molecule has 2 atom stereocenters. The van der Waals surface area contributed by atoms with Crippen LogP contribution in [0, 0.1) is 5.82 Å². The number of aliphatic hydroxyl groups is 1. The number of halogens is 4. The quantitative estimate of drug-likeness (QED) is 0.512. The van der Waals surface area contributed by atoms with Crippen molar-refractivity contribution in [2.24, 2.45) is 0 Å². The number of hydrogen-bond donors (Lipinski definition) is 2. The zero-order chi connectivity index (χ0) is 22.8. The van der Waals surface area contributed by atoms with Gasteiger partial charge in [0.25, 0.3) is 5.91 Å². The van der Waals surface area contributed by atoms with Crippen molar-refractivity contribution in [1.29, 1.82) is 0 Å². The number of carbonyl (C=O) groups excluding carboxylic acids is 2. The van der Waals surface area contributed by atoms with Crippen LogP contribution in [0.15, 0.2) is 48.5 Å². The van der Waals surface area contributed by atoms with Gasteiger partial charge in [-0.3, -0.25) is 9.69 Å². The monoisotopic (exact) mass is 440 g/mol. The zero-order valence-corrected chi connectivity index (χ0v) is 16.4. The molecule has 2 aromatic carbocycles. The highest BCUT2D eigenvalue weighted by Crippen LogP contribution is 2.33. The highest BCUT2D eigenvalue weighted by atomic mass is 19.4. The van der Waals surface area contributed by atoms with E-state index in [9.17, 15) is 32.3 Å². The minimum Gasteiger partial charge on any atom is -0.389 e. The van der Waals surface area contributed by atoms with Crippen molar-refractivity contribution in [3.05, 3.63) is 71.0 Å². The summed E-state index contributed by atoms with van der Waals surface area (Å²) in [5.41, 5.74) is -1.99. The highest BCUT2D eigenvalue weighted by Gasteiger charge is 2.49. The molecule has 31 heavy (non-hydrogen) atoms. The summed E-state index contributed by atoms with van der Waals surface area (Å²) < 4.78 is 57.1. The van der Waals surface area contributed by atoms with Gasteiger partial charge in [-0.15, -0.1) is 0 Å². The van der Waals surface area contributed by atoms with Crippen LogP contribution in [0.2, 0.25) is 0 Å². The summed E-state index contributed by atoms with van der Waals surface area (Å²) in [6, 6.07) is 9.06. The minimum absolute atomic E-state index is 0.104. The van der Waals surface area contributed by atoms with Crippen LogP contribution >= 0.6 is 0 Å². The number of nitrogens with zero attached hydrogens (tertiary/aromatic N) is 1. The number of benzene rings is 2. The average Bonchev–Trinajstić information content (AvgIpc) is 2.93. The molecule has 1 aliphatic heterocycles. The van der Waals surface area contributed by atoms with E-state index < -0.39 is 47.7 Å². The van der Waals surface area contributed by atoms with Gasteiger partial charge in [0.1, 0.15) is 11.4 Å². The van der Waals surface area contributed by atoms with Gasteiger partial charge < -0.3 is 15.2 Å². The summed E-state index contributed by atoms with van der Waals surface area (Å²) in [6.45, 7) is 0.616. The van der Waals surface area contributed by atoms with Crippen molar-refractivity contribution in [3.63, 3.8) is 0 Å². The topological polar surface area (TPSA) is 78.9 Å². The van der Waals surface area contributed by atoms with E-state index in [-0.39, 0.29) is 18.8 Å². The molecule has 10 heteroatoms. The van der Waals surface area contributed by atoms with Crippen molar-refractivity contribution >= 4 is 11.9 Å². The lowest BCUT2D eigenvalue weighted by molar-refractivity contribution is -0.137. The van der Waals surface area contributed by atoms with E-state index >= 15 is 0 Å². The van der Waals surface area contributed by atoms with Crippen molar-refractivity contribution < 1.29 is 37.0 Å². The maximum Gasteiger partial charge on any atom is 0.416 e. The Labute approximate surface area is 175 Å². The van der Waals surface area contributed by atoms with Crippen LogP contribution in [-0.2, 0) is 27.9 Å². The largest absolute Gasteiger partial charge is 0.416 e. The maximum absolute atomic E-state index is 13.6. The van der Waals surface area contributed by atoms with Crippen LogP contribution < -0.4 is 5.32 Å². The molecule has 166 valence electrons.